The summed E-state index contributed by atoms with van der Waals surface area (Å²) in [5.41, 5.74) is 1.62. The quantitative estimate of drug-likeness (QED) is 0.636. The van der Waals surface area contributed by atoms with E-state index >= 15 is 0 Å². The Morgan fingerprint density at radius 3 is 2.25 bits per heavy atom. The van der Waals surface area contributed by atoms with Gasteiger partial charge in [0.25, 0.3) is 0 Å². The van der Waals surface area contributed by atoms with Crippen molar-refractivity contribution in [1.82, 2.24) is 0 Å². The van der Waals surface area contributed by atoms with Crippen molar-refractivity contribution in [1.29, 1.82) is 0 Å². The van der Waals surface area contributed by atoms with Gasteiger partial charge in [0.15, 0.2) is 0 Å². The smallest absolute Gasteiger partial charge is 0.0274 e. The van der Waals surface area contributed by atoms with Crippen molar-refractivity contribution in [2.24, 2.45) is 5.41 Å². The highest BCUT2D eigenvalue weighted by molar-refractivity contribution is 5.14. The van der Waals surface area contributed by atoms with Crippen LogP contribution in [0.15, 0.2) is 30.3 Å². The lowest BCUT2D eigenvalue weighted by Crippen LogP contribution is -2.06. The topological polar surface area (TPSA) is 0 Å². The summed E-state index contributed by atoms with van der Waals surface area (Å²) in [6, 6.07) is 10.6. The largest absolute Gasteiger partial charge is 0.0622 e. The van der Waals surface area contributed by atoms with Crippen molar-refractivity contribution in [2.45, 2.75) is 26.7 Å². The van der Waals surface area contributed by atoms with Crippen molar-refractivity contribution >= 4 is 0 Å². The summed E-state index contributed by atoms with van der Waals surface area (Å²) >= 11 is 0. The fourth-order valence-corrected chi connectivity index (χ4v) is 1.13. The van der Waals surface area contributed by atoms with Crippen LogP contribution in [0.2, 0.25) is 0 Å². The molecule has 1 rings (SSSR count). The van der Waals surface area contributed by atoms with Crippen LogP contribution in [0.25, 0.3) is 0 Å². The van der Waals surface area contributed by atoms with Gasteiger partial charge in [0, 0.05) is 0 Å². The van der Waals surface area contributed by atoms with Crippen LogP contribution in [0, 0.1) is 12.3 Å². The van der Waals surface area contributed by atoms with Crippen molar-refractivity contribution in [3.8, 4) is 0 Å². The Kier molecular flexibility index (Phi) is 2.91. The Labute approximate surface area is 75.6 Å². The van der Waals surface area contributed by atoms with Crippen molar-refractivity contribution in [2.75, 3.05) is 0 Å². The molecule has 65 valence electrons. The third kappa shape index (κ3) is 3.56. The predicted molar refractivity (Wildman–Crippen MR) is 53.9 cm³/mol. The summed E-state index contributed by atoms with van der Waals surface area (Å²) < 4.78 is 0. The van der Waals surface area contributed by atoms with Crippen LogP contribution in [0.4, 0.5) is 0 Å². The van der Waals surface area contributed by atoms with Gasteiger partial charge in [-0.1, -0.05) is 44.2 Å². The standard InChI is InChI=1S/C12H17/c1-12(2,3)10-9-11-7-5-4-6-8-11/h4-8H,1,9-10H2,2-3H3. The number of benzene rings is 1. The number of hydrogen-bond acceptors (Lipinski definition) is 0. The average molecular weight is 161 g/mol. The van der Waals surface area contributed by atoms with Crippen LogP contribution in [-0.2, 0) is 6.42 Å². The molecule has 0 amide bonds. The van der Waals surface area contributed by atoms with E-state index in [-0.39, 0.29) is 5.41 Å². The summed E-state index contributed by atoms with van der Waals surface area (Å²) in [4.78, 5) is 0. The van der Waals surface area contributed by atoms with Gasteiger partial charge in [-0.3, -0.25) is 0 Å². The highest BCUT2D eigenvalue weighted by Gasteiger charge is 2.09. The first kappa shape index (κ1) is 9.31. The van der Waals surface area contributed by atoms with Gasteiger partial charge in [0.05, 0.1) is 0 Å². The van der Waals surface area contributed by atoms with Gasteiger partial charge >= 0.3 is 0 Å². The SMILES string of the molecule is [CH2]C(C)(C)CCc1ccccc1. The lowest BCUT2D eigenvalue weighted by molar-refractivity contribution is 0.433. The first-order valence-electron chi connectivity index (χ1n) is 4.47. The van der Waals surface area contributed by atoms with Gasteiger partial charge in [-0.05, 0) is 30.7 Å². The fourth-order valence-electron chi connectivity index (χ4n) is 1.13. The Bertz CT molecular complexity index is 216. The van der Waals surface area contributed by atoms with E-state index in [0.717, 1.165) is 12.8 Å². The third-order valence-corrected chi connectivity index (χ3v) is 1.93. The molecule has 12 heavy (non-hydrogen) atoms. The minimum Gasteiger partial charge on any atom is -0.0622 e. The highest BCUT2D eigenvalue weighted by atomic mass is 14.1. The molecule has 1 aromatic carbocycles. The van der Waals surface area contributed by atoms with Crippen LogP contribution < -0.4 is 0 Å². The van der Waals surface area contributed by atoms with E-state index in [1.54, 1.807) is 0 Å². The molecule has 0 spiro atoms. The molecule has 0 aromatic heterocycles. The van der Waals surface area contributed by atoms with Crippen LogP contribution in [0.1, 0.15) is 25.8 Å². The zero-order valence-corrected chi connectivity index (χ0v) is 8.01. The molecule has 0 bridgehead atoms. The van der Waals surface area contributed by atoms with E-state index < -0.39 is 0 Å². The van der Waals surface area contributed by atoms with E-state index in [1.165, 1.54) is 5.56 Å². The summed E-state index contributed by atoms with van der Waals surface area (Å²) in [5.74, 6) is 0. The molecule has 0 N–H and O–H groups in total. The maximum atomic E-state index is 4.09. The van der Waals surface area contributed by atoms with E-state index in [2.05, 4.69) is 51.1 Å². The Morgan fingerprint density at radius 2 is 1.75 bits per heavy atom. The second-order valence-electron chi connectivity index (χ2n) is 4.15. The summed E-state index contributed by atoms with van der Waals surface area (Å²) in [6.45, 7) is 8.44. The normalized spacial score (nSPS) is 11.6. The van der Waals surface area contributed by atoms with Crippen LogP contribution in [-0.4, -0.2) is 0 Å². The molecule has 1 radical (unpaired) electrons. The van der Waals surface area contributed by atoms with E-state index in [9.17, 15) is 0 Å². The average Bonchev–Trinajstić information content (AvgIpc) is 2.02. The van der Waals surface area contributed by atoms with Crippen LogP contribution in [0.3, 0.4) is 0 Å². The van der Waals surface area contributed by atoms with Crippen LogP contribution >= 0.6 is 0 Å². The van der Waals surface area contributed by atoms with Gasteiger partial charge in [-0.2, -0.15) is 0 Å². The second kappa shape index (κ2) is 3.75. The van der Waals surface area contributed by atoms with Gasteiger partial charge in [-0.15, -0.1) is 0 Å². The van der Waals surface area contributed by atoms with E-state index in [0.29, 0.717) is 0 Å². The van der Waals surface area contributed by atoms with Gasteiger partial charge in [0.2, 0.25) is 0 Å². The molecule has 0 aliphatic rings. The van der Waals surface area contributed by atoms with E-state index in [4.69, 9.17) is 0 Å². The summed E-state index contributed by atoms with van der Waals surface area (Å²) in [6.07, 6.45) is 2.29. The molecule has 0 atom stereocenters. The summed E-state index contributed by atoms with van der Waals surface area (Å²) in [7, 11) is 0. The number of aryl methyl sites for hydroxylation is 1. The molecule has 0 saturated carbocycles. The van der Waals surface area contributed by atoms with E-state index in [1.807, 2.05) is 0 Å². The molecule has 0 heterocycles. The molecule has 0 nitrogen and oxygen atoms in total. The van der Waals surface area contributed by atoms with Gasteiger partial charge in [-0.25, -0.2) is 0 Å². The Hall–Kier alpha value is -0.780. The zero-order valence-electron chi connectivity index (χ0n) is 8.01. The van der Waals surface area contributed by atoms with Gasteiger partial charge < -0.3 is 0 Å². The van der Waals surface area contributed by atoms with Crippen molar-refractivity contribution in [3.63, 3.8) is 0 Å². The number of rotatable bonds is 3. The molecule has 0 heteroatoms. The molecule has 0 unspecified atom stereocenters. The monoisotopic (exact) mass is 161 g/mol. The molecule has 1 aromatic rings. The van der Waals surface area contributed by atoms with Gasteiger partial charge in [0.1, 0.15) is 0 Å². The zero-order chi connectivity index (χ0) is 9.03. The minimum absolute atomic E-state index is 0.204. The molecule has 0 aliphatic heterocycles. The molecular formula is C12H17. The lowest BCUT2D eigenvalue weighted by Gasteiger charge is -2.17. The maximum Gasteiger partial charge on any atom is -0.0274 e. The van der Waals surface area contributed by atoms with Crippen LogP contribution in [0.5, 0.6) is 0 Å². The Balaban J connectivity index is 2.44. The van der Waals surface area contributed by atoms with Crippen molar-refractivity contribution in [3.05, 3.63) is 42.8 Å². The molecular weight excluding hydrogens is 144 g/mol. The summed E-state index contributed by atoms with van der Waals surface area (Å²) in [5, 5.41) is 0. The molecule has 0 saturated heterocycles. The Morgan fingerprint density at radius 1 is 1.17 bits per heavy atom. The number of hydrogen-bond donors (Lipinski definition) is 0. The third-order valence-electron chi connectivity index (χ3n) is 1.93. The van der Waals surface area contributed by atoms with Crippen molar-refractivity contribution < 1.29 is 0 Å². The second-order valence-corrected chi connectivity index (χ2v) is 4.15. The molecule has 0 fully saturated rings. The first-order valence-corrected chi connectivity index (χ1v) is 4.47. The lowest BCUT2D eigenvalue weighted by atomic mass is 9.89. The fraction of sp³-hybridized carbons (Fsp3) is 0.417. The highest BCUT2D eigenvalue weighted by Crippen LogP contribution is 2.20. The first-order chi connectivity index (χ1) is 5.58. The maximum absolute atomic E-state index is 4.09. The minimum atomic E-state index is 0.204. The molecule has 0 aliphatic carbocycles. The predicted octanol–water partition coefficient (Wildman–Crippen LogP) is 3.48.